The molecular formula is C18H28N2OS2. The first-order chi connectivity index (χ1) is 10.9. The van der Waals surface area contributed by atoms with Crippen LogP contribution in [0.4, 0.5) is 0 Å². The molecule has 2 aliphatic rings. The van der Waals surface area contributed by atoms with Gasteiger partial charge in [0.25, 0.3) is 0 Å². The number of thioether (sulfide) groups is 1. The number of benzene rings is 1. The third-order valence-electron chi connectivity index (χ3n) is 5.20. The summed E-state index contributed by atoms with van der Waals surface area (Å²) >= 11 is 0.732. The SMILES string of the molecule is CSc1ccc2c(c1)[C@@H](N[S+]([O-])C(C)(C)C)C1(CCNCC1)C2. The third kappa shape index (κ3) is 3.45. The molecule has 1 aliphatic carbocycles. The van der Waals surface area contributed by atoms with Crippen LogP contribution < -0.4 is 10.0 Å². The van der Waals surface area contributed by atoms with Crippen LogP contribution in [0.25, 0.3) is 0 Å². The highest BCUT2D eigenvalue weighted by Crippen LogP contribution is 2.52. The molecule has 23 heavy (non-hydrogen) atoms. The first-order valence-corrected chi connectivity index (χ1v) is 10.8. The summed E-state index contributed by atoms with van der Waals surface area (Å²) in [7, 11) is 0. The molecule has 0 aromatic heterocycles. The number of rotatable bonds is 3. The second-order valence-corrected chi connectivity index (χ2v) is 10.7. The Kier molecular flexibility index (Phi) is 5.06. The highest BCUT2D eigenvalue weighted by molar-refractivity contribution is 7.98. The molecule has 2 N–H and O–H groups in total. The van der Waals surface area contributed by atoms with Crippen LogP contribution in [0.3, 0.4) is 0 Å². The van der Waals surface area contributed by atoms with Crippen LogP contribution in [0.2, 0.25) is 0 Å². The summed E-state index contributed by atoms with van der Waals surface area (Å²) in [5.41, 5.74) is 3.02. The summed E-state index contributed by atoms with van der Waals surface area (Å²) < 4.78 is 16.1. The molecule has 1 heterocycles. The molecule has 1 fully saturated rings. The first-order valence-electron chi connectivity index (χ1n) is 8.41. The maximum absolute atomic E-state index is 12.8. The van der Waals surface area contributed by atoms with Gasteiger partial charge in [0.05, 0.1) is 6.04 Å². The smallest absolute Gasteiger partial charge is 0.136 e. The molecular weight excluding hydrogens is 324 g/mol. The normalized spacial score (nSPS) is 24.7. The van der Waals surface area contributed by atoms with E-state index in [1.165, 1.54) is 16.0 Å². The molecule has 3 nitrogen and oxygen atoms in total. The van der Waals surface area contributed by atoms with Crippen molar-refractivity contribution in [3.05, 3.63) is 29.3 Å². The van der Waals surface area contributed by atoms with E-state index < -0.39 is 11.4 Å². The summed E-state index contributed by atoms with van der Waals surface area (Å²) in [5.74, 6) is 0. The maximum Gasteiger partial charge on any atom is 0.136 e. The molecule has 0 bridgehead atoms. The summed E-state index contributed by atoms with van der Waals surface area (Å²) in [5, 5.41) is 3.48. The van der Waals surface area contributed by atoms with Crippen LogP contribution in [0.15, 0.2) is 23.1 Å². The fraction of sp³-hybridized carbons (Fsp3) is 0.667. The van der Waals surface area contributed by atoms with Crippen molar-refractivity contribution >= 4 is 23.1 Å². The predicted octanol–water partition coefficient (Wildman–Crippen LogP) is 3.43. The summed E-state index contributed by atoms with van der Waals surface area (Å²) in [6.45, 7) is 8.24. The zero-order valence-electron chi connectivity index (χ0n) is 14.6. The molecule has 1 unspecified atom stereocenters. The molecule has 1 aliphatic heterocycles. The quantitative estimate of drug-likeness (QED) is 0.646. The van der Waals surface area contributed by atoms with E-state index in [2.05, 4.69) is 34.5 Å². The number of piperidine rings is 1. The van der Waals surface area contributed by atoms with Crippen LogP contribution in [0, 0.1) is 5.41 Å². The van der Waals surface area contributed by atoms with Crippen molar-refractivity contribution in [2.75, 3.05) is 19.3 Å². The first kappa shape index (κ1) is 17.6. The van der Waals surface area contributed by atoms with E-state index in [4.69, 9.17) is 0 Å². The Hall–Kier alpha value is -0.200. The molecule has 0 amide bonds. The average Bonchev–Trinajstić information content (AvgIpc) is 2.79. The van der Waals surface area contributed by atoms with Crippen LogP contribution in [0.5, 0.6) is 0 Å². The minimum atomic E-state index is -1.05. The lowest BCUT2D eigenvalue weighted by atomic mass is 9.73. The third-order valence-corrected chi connectivity index (χ3v) is 7.49. The molecule has 1 spiro atoms. The van der Waals surface area contributed by atoms with Gasteiger partial charge in [-0.05, 0) is 82.6 Å². The Morgan fingerprint density at radius 1 is 1.30 bits per heavy atom. The highest BCUT2D eigenvalue weighted by atomic mass is 32.2. The van der Waals surface area contributed by atoms with Crippen LogP contribution >= 0.6 is 11.8 Å². The number of nitrogens with one attached hydrogen (secondary N) is 2. The molecule has 0 radical (unpaired) electrons. The van der Waals surface area contributed by atoms with E-state index in [1.54, 1.807) is 11.8 Å². The van der Waals surface area contributed by atoms with Gasteiger partial charge in [-0.25, -0.2) is 0 Å². The standard InChI is InChI=1S/C18H28N2OS2/c1-17(2,3)23(21)20-16-15-11-14(22-4)6-5-13(15)12-18(16)7-9-19-10-8-18/h5-6,11,16,19-20H,7-10,12H2,1-4H3/t16-,23?/m1/s1. The van der Waals surface area contributed by atoms with E-state index in [9.17, 15) is 4.55 Å². The minimum absolute atomic E-state index is 0.201. The number of fused-ring (bicyclic) bond motifs is 1. The van der Waals surface area contributed by atoms with Crippen molar-refractivity contribution in [1.29, 1.82) is 0 Å². The van der Waals surface area contributed by atoms with Gasteiger partial charge in [-0.1, -0.05) is 6.07 Å². The van der Waals surface area contributed by atoms with Crippen molar-refractivity contribution in [3.63, 3.8) is 0 Å². The number of hydrogen-bond acceptors (Lipinski definition) is 4. The molecule has 1 aromatic rings. The topological polar surface area (TPSA) is 47.1 Å². The van der Waals surface area contributed by atoms with Gasteiger partial charge in [0.2, 0.25) is 0 Å². The van der Waals surface area contributed by atoms with Gasteiger partial charge in [0.15, 0.2) is 0 Å². The summed E-state index contributed by atoms with van der Waals surface area (Å²) in [4.78, 5) is 1.29. The second-order valence-electron chi connectivity index (χ2n) is 7.79. The minimum Gasteiger partial charge on any atom is -0.598 e. The molecule has 0 saturated carbocycles. The Morgan fingerprint density at radius 3 is 2.61 bits per heavy atom. The maximum atomic E-state index is 12.8. The van der Waals surface area contributed by atoms with E-state index in [-0.39, 0.29) is 16.2 Å². The Labute approximate surface area is 147 Å². The molecule has 1 saturated heterocycles. The highest BCUT2D eigenvalue weighted by Gasteiger charge is 2.49. The van der Waals surface area contributed by atoms with Gasteiger partial charge in [-0.3, -0.25) is 0 Å². The van der Waals surface area contributed by atoms with Gasteiger partial charge in [-0.15, -0.1) is 16.5 Å². The van der Waals surface area contributed by atoms with Crippen LogP contribution in [0.1, 0.15) is 50.8 Å². The van der Waals surface area contributed by atoms with Gasteiger partial charge in [0.1, 0.15) is 4.75 Å². The molecule has 128 valence electrons. The van der Waals surface area contributed by atoms with Crippen molar-refractivity contribution < 1.29 is 4.55 Å². The van der Waals surface area contributed by atoms with Crippen molar-refractivity contribution in [2.24, 2.45) is 5.41 Å². The summed E-state index contributed by atoms with van der Waals surface area (Å²) in [6, 6.07) is 7.02. The van der Waals surface area contributed by atoms with E-state index in [1.807, 2.05) is 20.8 Å². The van der Waals surface area contributed by atoms with E-state index in [0.717, 1.165) is 32.4 Å². The van der Waals surface area contributed by atoms with Crippen LogP contribution in [-0.4, -0.2) is 28.6 Å². The zero-order chi connectivity index (χ0) is 16.7. The largest absolute Gasteiger partial charge is 0.598 e. The fourth-order valence-corrected chi connectivity index (χ4v) is 5.20. The summed E-state index contributed by atoms with van der Waals surface area (Å²) in [6.07, 6.45) is 5.52. The lowest BCUT2D eigenvalue weighted by molar-refractivity contribution is 0.163. The van der Waals surface area contributed by atoms with E-state index in [0.29, 0.717) is 0 Å². The Bertz CT molecular complexity index is 565. The van der Waals surface area contributed by atoms with Gasteiger partial charge >= 0.3 is 0 Å². The zero-order valence-corrected chi connectivity index (χ0v) is 16.2. The van der Waals surface area contributed by atoms with Gasteiger partial charge in [-0.2, -0.15) is 0 Å². The monoisotopic (exact) mass is 352 g/mol. The molecule has 2 atom stereocenters. The van der Waals surface area contributed by atoms with Crippen molar-refractivity contribution in [1.82, 2.24) is 10.0 Å². The molecule has 3 rings (SSSR count). The van der Waals surface area contributed by atoms with Gasteiger partial charge in [0, 0.05) is 21.7 Å². The van der Waals surface area contributed by atoms with Gasteiger partial charge < -0.3 is 9.87 Å². The average molecular weight is 353 g/mol. The number of hydrogen-bond donors (Lipinski definition) is 2. The lowest BCUT2D eigenvalue weighted by Gasteiger charge is -2.40. The van der Waals surface area contributed by atoms with Crippen LogP contribution in [-0.2, 0) is 17.8 Å². The Balaban J connectivity index is 1.96. The Morgan fingerprint density at radius 2 is 2.00 bits per heavy atom. The van der Waals surface area contributed by atoms with Crippen molar-refractivity contribution in [3.8, 4) is 0 Å². The second kappa shape index (κ2) is 6.60. The predicted molar refractivity (Wildman–Crippen MR) is 100 cm³/mol. The van der Waals surface area contributed by atoms with Crippen molar-refractivity contribution in [2.45, 2.75) is 55.7 Å². The molecule has 5 heteroatoms. The van der Waals surface area contributed by atoms with E-state index >= 15 is 0 Å². The fourth-order valence-electron chi connectivity index (χ4n) is 3.80. The lowest BCUT2D eigenvalue weighted by Crippen LogP contribution is -2.48. The molecule has 1 aromatic carbocycles.